The molecule has 2 heterocycles. The van der Waals surface area contributed by atoms with Crippen molar-refractivity contribution in [1.29, 1.82) is 0 Å². The zero-order valence-electron chi connectivity index (χ0n) is 16.8. The van der Waals surface area contributed by atoms with Gasteiger partial charge in [0.2, 0.25) is 17.6 Å². The fraction of sp³-hybridized carbons (Fsp3) is 0.333. The topological polar surface area (TPSA) is 99.2 Å². The molecule has 0 spiro atoms. The number of aryl methyl sites for hydroxylation is 2. The number of anilines is 1. The molecule has 0 radical (unpaired) electrons. The average Bonchev–Trinajstić information content (AvgIpc) is 3.17. The van der Waals surface area contributed by atoms with Crippen LogP contribution in [0.15, 0.2) is 45.7 Å². The summed E-state index contributed by atoms with van der Waals surface area (Å²) < 4.78 is 12.4. The first-order chi connectivity index (χ1) is 14.0. The van der Waals surface area contributed by atoms with Crippen LogP contribution in [0.25, 0.3) is 11.4 Å². The summed E-state index contributed by atoms with van der Waals surface area (Å²) in [6.07, 6.45) is 0.429. The van der Waals surface area contributed by atoms with Crippen molar-refractivity contribution in [1.82, 2.24) is 14.7 Å². The number of amides is 1. The fourth-order valence-corrected chi connectivity index (χ4v) is 2.98. The Bertz CT molecular complexity index is 1050. The third-order valence-corrected chi connectivity index (χ3v) is 4.44. The lowest BCUT2D eigenvalue weighted by atomic mass is 10.2. The molecule has 152 valence electrons. The molecule has 0 atom stereocenters. The number of pyridine rings is 1. The molecule has 2 aromatic heterocycles. The highest BCUT2D eigenvalue weighted by Crippen LogP contribution is 2.24. The number of para-hydroxylation sites is 2. The van der Waals surface area contributed by atoms with Gasteiger partial charge in [-0.05, 0) is 45.0 Å². The monoisotopic (exact) mass is 396 g/mol. The van der Waals surface area contributed by atoms with Crippen LogP contribution in [0.2, 0.25) is 0 Å². The van der Waals surface area contributed by atoms with Gasteiger partial charge in [-0.1, -0.05) is 17.3 Å². The molecule has 0 saturated carbocycles. The molecule has 0 aliphatic carbocycles. The van der Waals surface area contributed by atoms with Gasteiger partial charge >= 0.3 is 0 Å². The highest BCUT2D eigenvalue weighted by atomic mass is 16.5. The van der Waals surface area contributed by atoms with E-state index < -0.39 is 0 Å². The zero-order valence-corrected chi connectivity index (χ0v) is 16.8. The molecule has 1 amide bonds. The molecule has 8 nitrogen and oxygen atoms in total. The smallest absolute Gasteiger partial charge is 0.261 e. The number of hydrogen-bond donors (Lipinski definition) is 1. The van der Waals surface area contributed by atoms with Crippen LogP contribution in [0, 0.1) is 6.92 Å². The van der Waals surface area contributed by atoms with Crippen LogP contribution >= 0.6 is 0 Å². The maximum Gasteiger partial charge on any atom is 0.261 e. The summed E-state index contributed by atoms with van der Waals surface area (Å²) in [7, 11) is 0. The van der Waals surface area contributed by atoms with Crippen molar-refractivity contribution in [3.05, 3.63) is 58.3 Å². The number of nitrogens with one attached hydrogen (secondary N) is 1. The third-order valence-electron chi connectivity index (χ3n) is 4.44. The first kappa shape index (κ1) is 20.3. The maximum atomic E-state index is 12.6. The van der Waals surface area contributed by atoms with Crippen molar-refractivity contribution in [2.45, 2.75) is 40.2 Å². The van der Waals surface area contributed by atoms with E-state index in [4.69, 9.17) is 9.26 Å². The molecule has 29 heavy (non-hydrogen) atoms. The molecule has 0 fully saturated rings. The molecular formula is C21H24N4O4. The van der Waals surface area contributed by atoms with Gasteiger partial charge in [-0.2, -0.15) is 4.98 Å². The molecule has 3 aromatic rings. The molecule has 0 aliphatic rings. The fourth-order valence-electron chi connectivity index (χ4n) is 2.98. The summed E-state index contributed by atoms with van der Waals surface area (Å²) in [6, 6.07) is 10.8. The SMILES string of the molecule is CCOc1ccccc1NC(=O)CCc1nc(-c2ccc(C)n(CC)c2=O)no1. The summed E-state index contributed by atoms with van der Waals surface area (Å²) in [5.41, 5.74) is 1.70. The Balaban J connectivity index is 1.66. The van der Waals surface area contributed by atoms with Gasteiger partial charge in [0, 0.05) is 25.1 Å². The predicted molar refractivity (Wildman–Crippen MR) is 109 cm³/mol. The quantitative estimate of drug-likeness (QED) is 0.628. The minimum atomic E-state index is -0.194. The first-order valence-corrected chi connectivity index (χ1v) is 9.58. The van der Waals surface area contributed by atoms with Gasteiger partial charge in [0.15, 0.2) is 0 Å². The van der Waals surface area contributed by atoms with Crippen molar-refractivity contribution in [3.8, 4) is 17.1 Å². The van der Waals surface area contributed by atoms with E-state index in [2.05, 4.69) is 15.5 Å². The maximum absolute atomic E-state index is 12.6. The van der Waals surface area contributed by atoms with E-state index in [0.29, 0.717) is 36.0 Å². The molecule has 1 N–H and O–H groups in total. The van der Waals surface area contributed by atoms with Crippen LogP contribution in [-0.2, 0) is 17.8 Å². The van der Waals surface area contributed by atoms with Crippen LogP contribution in [0.1, 0.15) is 31.9 Å². The van der Waals surface area contributed by atoms with Gasteiger partial charge in [0.1, 0.15) is 5.75 Å². The number of ether oxygens (including phenoxy) is 1. The third kappa shape index (κ3) is 4.71. The van der Waals surface area contributed by atoms with Gasteiger partial charge in [-0.15, -0.1) is 0 Å². The van der Waals surface area contributed by atoms with E-state index in [0.717, 1.165) is 5.69 Å². The van der Waals surface area contributed by atoms with Gasteiger partial charge in [0.25, 0.3) is 5.56 Å². The number of benzene rings is 1. The molecule has 3 rings (SSSR count). The van der Waals surface area contributed by atoms with Crippen molar-refractivity contribution in [2.75, 3.05) is 11.9 Å². The van der Waals surface area contributed by atoms with Gasteiger partial charge in [-0.3, -0.25) is 9.59 Å². The molecule has 8 heteroatoms. The minimum absolute atomic E-state index is 0.162. The summed E-state index contributed by atoms with van der Waals surface area (Å²) >= 11 is 0. The van der Waals surface area contributed by atoms with E-state index in [1.165, 1.54) is 0 Å². The largest absolute Gasteiger partial charge is 0.492 e. The second-order valence-corrected chi connectivity index (χ2v) is 6.43. The normalized spacial score (nSPS) is 10.7. The van der Waals surface area contributed by atoms with Crippen molar-refractivity contribution >= 4 is 11.6 Å². The molecule has 1 aromatic carbocycles. The molecule has 0 unspecified atom stereocenters. The summed E-state index contributed by atoms with van der Waals surface area (Å²) in [6.45, 7) is 6.74. The minimum Gasteiger partial charge on any atom is -0.492 e. The number of aromatic nitrogens is 3. The number of rotatable bonds is 8. The Kier molecular flexibility index (Phi) is 6.43. The lowest BCUT2D eigenvalue weighted by Crippen LogP contribution is -2.23. The number of nitrogens with zero attached hydrogens (tertiary/aromatic N) is 3. The second kappa shape index (κ2) is 9.18. The van der Waals surface area contributed by atoms with Crippen LogP contribution < -0.4 is 15.6 Å². The lowest BCUT2D eigenvalue weighted by molar-refractivity contribution is -0.116. The Morgan fingerprint density at radius 3 is 2.76 bits per heavy atom. The van der Waals surface area contributed by atoms with Crippen molar-refractivity contribution in [3.63, 3.8) is 0 Å². The van der Waals surface area contributed by atoms with Crippen LogP contribution in [0.4, 0.5) is 5.69 Å². The average molecular weight is 396 g/mol. The van der Waals surface area contributed by atoms with Gasteiger partial charge in [0.05, 0.1) is 17.9 Å². The number of hydrogen-bond acceptors (Lipinski definition) is 6. The molecule has 0 saturated heterocycles. The Labute approximate surface area is 168 Å². The molecular weight excluding hydrogens is 372 g/mol. The van der Waals surface area contributed by atoms with E-state index in [-0.39, 0.29) is 30.1 Å². The zero-order chi connectivity index (χ0) is 20.8. The Hall–Kier alpha value is -3.42. The number of carbonyl (C=O) groups is 1. The van der Waals surface area contributed by atoms with E-state index in [1.54, 1.807) is 22.8 Å². The molecule has 0 aliphatic heterocycles. The van der Waals surface area contributed by atoms with Gasteiger partial charge < -0.3 is 19.1 Å². The Morgan fingerprint density at radius 2 is 2.00 bits per heavy atom. The van der Waals surface area contributed by atoms with Crippen LogP contribution in [0.3, 0.4) is 0 Å². The van der Waals surface area contributed by atoms with Crippen molar-refractivity contribution < 1.29 is 14.1 Å². The van der Waals surface area contributed by atoms with Crippen molar-refractivity contribution in [2.24, 2.45) is 0 Å². The second-order valence-electron chi connectivity index (χ2n) is 6.43. The lowest BCUT2D eigenvalue weighted by Gasteiger charge is -2.10. The first-order valence-electron chi connectivity index (χ1n) is 9.58. The number of carbonyl (C=O) groups excluding carboxylic acids is 1. The summed E-state index contributed by atoms with van der Waals surface area (Å²) in [4.78, 5) is 29.1. The predicted octanol–water partition coefficient (Wildman–Crippen LogP) is 3.20. The highest BCUT2D eigenvalue weighted by molar-refractivity contribution is 5.92. The summed E-state index contributed by atoms with van der Waals surface area (Å²) in [5.74, 6) is 0.959. The van der Waals surface area contributed by atoms with E-state index in [9.17, 15) is 9.59 Å². The standard InChI is InChI=1S/C21H24N4O4/c1-4-25-14(3)10-11-15(21(25)27)20-23-19(29-24-20)13-12-18(26)22-16-8-6-7-9-17(16)28-5-2/h6-11H,4-5,12-13H2,1-3H3,(H,22,26). The summed E-state index contributed by atoms with van der Waals surface area (Å²) in [5, 5.41) is 6.73. The molecule has 0 bridgehead atoms. The Morgan fingerprint density at radius 1 is 1.21 bits per heavy atom. The van der Waals surface area contributed by atoms with Gasteiger partial charge in [-0.25, -0.2) is 0 Å². The van der Waals surface area contributed by atoms with E-state index in [1.807, 2.05) is 39.0 Å². The highest BCUT2D eigenvalue weighted by Gasteiger charge is 2.15. The van der Waals surface area contributed by atoms with E-state index >= 15 is 0 Å². The van der Waals surface area contributed by atoms with Crippen LogP contribution in [-0.4, -0.2) is 27.2 Å². The van der Waals surface area contributed by atoms with Crippen LogP contribution in [0.5, 0.6) is 5.75 Å².